The summed E-state index contributed by atoms with van der Waals surface area (Å²) in [6.07, 6.45) is 6.34. The Kier molecular flexibility index (Phi) is 5.02. The lowest BCUT2D eigenvalue weighted by Crippen LogP contribution is -2.43. The fourth-order valence-corrected chi connectivity index (χ4v) is 3.59. The second-order valence-corrected chi connectivity index (χ2v) is 6.42. The van der Waals surface area contributed by atoms with E-state index >= 15 is 0 Å². The van der Waals surface area contributed by atoms with Crippen LogP contribution in [0.2, 0.25) is 0 Å². The highest BCUT2D eigenvalue weighted by molar-refractivity contribution is 5.78. The monoisotopic (exact) mass is 283 g/mol. The summed E-state index contributed by atoms with van der Waals surface area (Å²) >= 11 is 0. The Morgan fingerprint density at radius 3 is 2.20 bits per heavy atom. The fraction of sp³-hybridized carbons (Fsp3) is 0.867. The van der Waals surface area contributed by atoms with Gasteiger partial charge in [-0.2, -0.15) is 0 Å². The number of nitrogens with zero attached hydrogens (tertiary/aromatic N) is 1. The maximum Gasteiger partial charge on any atom is 0.303 e. The molecule has 2 fully saturated rings. The van der Waals surface area contributed by atoms with Crippen LogP contribution in [0.25, 0.3) is 0 Å². The first-order chi connectivity index (χ1) is 9.51. The molecular formula is C15H25NO4. The van der Waals surface area contributed by atoms with Gasteiger partial charge >= 0.3 is 5.97 Å². The van der Waals surface area contributed by atoms with E-state index in [9.17, 15) is 14.7 Å². The van der Waals surface area contributed by atoms with Crippen molar-refractivity contribution < 1.29 is 19.8 Å². The van der Waals surface area contributed by atoms with Crippen molar-refractivity contribution >= 4 is 11.9 Å². The van der Waals surface area contributed by atoms with Crippen LogP contribution < -0.4 is 0 Å². The first-order valence-corrected chi connectivity index (χ1v) is 7.68. The number of aliphatic hydroxyl groups is 1. The van der Waals surface area contributed by atoms with E-state index in [-0.39, 0.29) is 23.8 Å². The number of amides is 1. The first-order valence-electron chi connectivity index (χ1n) is 7.68. The third-order valence-electron chi connectivity index (χ3n) is 4.78. The lowest BCUT2D eigenvalue weighted by Gasteiger charge is -2.38. The number of piperidine rings is 1. The number of carbonyl (C=O) groups excluding carboxylic acids is 1. The Labute approximate surface area is 120 Å². The first kappa shape index (κ1) is 15.3. The molecule has 1 aliphatic carbocycles. The van der Waals surface area contributed by atoms with Gasteiger partial charge in [0.15, 0.2) is 0 Å². The number of aliphatic carboxylic acids is 1. The maximum absolute atomic E-state index is 12.4. The Hall–Kier alpha value is -1.10. The molecule has 0 atom stereocenters. The van der Waals surface area contributed by atoms with Crippen LogP contribution in [-0.2, 0) is 9.59 Å². The van der Waals surface area contributed by atoms with Crippen LogP contribution in [0.5, 0.6) is 0 Å². The van der Waals surface area contributed by atoms with Crippen molar-refractivity contribution in [2.75, 3.05) is 13.1 Å². The minimum Gasteiger partial charge on any atom is -0.481 e. The number of carbonyl (C=O) groups is 2. The van der Waals surface area contributed by atoms with Crippen LogP contribution in [0.3, 0.4) is 0 Å². The van der Waals surface area contributed by atoms with Crippen molar-refractivity contribution in [3.8, 4) is 0 Å². The molecule has 2 rings (SSSR count). The summed E-state index contributed by atoms with van der Waals surface area (Å²) in [5, 5.41) is 18.6. The van der Waals surface area contributed by atoms with E-state index in [1.165, 1.54) is 0 Å². The molecule has 5 heteroatoms. The van der Waals surface area contributed by atoms with Crippen LogP contribution >= 0.6 is 0 Å². The van der Waals surface area contributed by atoms with Crippen LogP contribution in [0.4, 0.5) is 0 Å². The van der Waals surface area contributed by atoms with Crippen LogP contribution in [0, 0.1) is 5.41 Å². The number of hydrogen-bond acceptors (Lipinski definition) is 3. The molecule has 114 valence electrons. The Morgan fingerprint density at radius 2 is 1.65 bits per heavy atom. The zero-order valence-corrected chi connectivity index (χ0v) is 12.0. The van der Waals surface area contributed by atoms with Gasteiger partial charge in [0.1, 0.15) is 0 Å². The second kappa shape index (κ2) is 6.57. The van der Waals surface area contributed by atoms with Gasteiger partial charge in [-0.1, -0.05) is 19.3 Å². The van der Waals surface area contributed by atoms with Gasteiger partial charge < -0.3 is 15.1 Å². The zero-order chi connectivity index (χ0) is 14.6. The van der Waals surface area contributed by atoms with Crippen LogP contribution in [0.1, 0.15) is 57.8 Å². The summed E-state index contributed by atoms with van der Waals surface area (Å²) in [7, 11) is 0. The molecule has 1 amide bonds. The van der Waals surface area contributed by atoms with Crippen molar-refractivity contribution in [3.63, 3.8) is 0 Å². The highest BCUT2D eigenvalue weighted by Gasteiger charge is 2.38. The molecule has 0 aromatic rings. The smallest absolute Gasteiger partial charge is 0.303 e. The lowest BCUT2D eigenvalue weighted by atomic mass is 9.69. The molecule has 0 radical (unpaired) electrons. The predicted octanol–water partition coefficient (Wildman–Crippen LogP) is 1.78. The molecule has 0 aromatic carbocycles. The second-order valence-electron chi connectivity index (χ2n) is 6.42. The summed E-state index contributed by atoms with van der Waals surface area (Å²) in [6.45, 7) is 1.20. The largest absolute Gasteiger partial charge is 0.481 e. The number of carboxylic acid groups (broad SMARTS) is 1. The van der Waals surface area contributed by atoms with Gasteiger partial charge in [0.2, 0.25) is 5.91 Å². The molecule has 1 heterocycles. The normalized spacial score (nSPS) is 23.6. The van der Waals surface area contributed by atoms with Gasteiger partial charge in [-0.3, -0.25) is 9.59 Å². The van der Waals surface area contributed by atoms with Crippen molar-refractivity contribution in [1.29, 1.82) is 0 Å². The number of aliphatic hydroxyl groups excluding tert-OH is 1. The van der Waals surface area contributed by atoms with Gasteiger partial charge in [0, 0.05) is 19.5 Å². The summed E-state index contributed by atoms with van der Waals surface area (Å²) in [4.78, 5) is 25.3. The van der Waals surface area contributed by atoms with E-state index in [1.807, 2.05) is 0 Å². The quantitative estimate of drug-likeness (QED) is 0.824. The molecule has 2 N–H and O–H groups in total. The van der Waals surface area contributed by atoms with E-state index in [0.717, 1.165) is 32.1 Å². The Bertz CT molecular complexity index is 355. The van der Waals surface area contributed by atoms with Crippen molar-refractivity contribution in [3.05, 3.63) is 0 Å². The molecule has 0 unspecified atom stereocenters. The van der Waals surface area contributed by atoms with Crippen LogP contribution in [0.15, 0.2) is 0 Å². The molecule has 1 saturated heterocycles. The third kappa shape index (κ3) is 3.95. The fourth-order valence-electron chi connectivity index (χ4n) is 3.59. The average Bonchev–Trinajstić information content (AvgIpc) is 2.39. The van der Waals surface area contributed by atoms with E-state index in [2.05, 4.69) is 0 Å². The SMILES string of the molecule is O=C(O)CC1(CC(=O)N2CCC(O)CC2)CCCCC1. The Balaban J connectivity index is 1.96. The van der Waals surface area contributed by atoms with Gasteiger partial charge in [-0.05, 0) is 31.1 Å². The molecule has 0 bridgehead atoms. The van der Waals surface area contributed by atoms with E-state index in [0.29, 0.717) is 32.4 Å². The van der Waals surface area contributed by atoms with Crippen molar-refractivity contribution in [1.82, 2.24) is 4.90 Å². The molecule has 0 spiro atoms. The van der Waals surface area contributed by atoms with Gasteiger partial charge in [0.25, 0.3) is 0 Å². The van der Waals surface area contributed by atoms with Crippen LogP contribution in [-0.4, -0.2) is 46.2 Å². The summed E-state index contributed by atoms with van der Waals surface area (Å²) in [5.41, 5.74) is -0.336. The maximum atomic E-state index is 12.4. The van der Waals surface area contributed by atoms with E-state index < -0.39 is 5.97 Å². The lowest BCUT2D eigenvalue weighted by molar-refractivity contribution is -0.143. The number of hydrogen-bond donors (Lipinski definition) is 2. The number of carboxylic acids is 1. The predicted molar refractivity (Wildman–Crippen MR) is 74.2 cm³/mol. The molecule has 1 aliphatic heterocycles. The van der Waals surface area contributed by atoms with Crippen molar-refractivity contribution in [2.24, 2.45) is 5.41 Å². The molecule has 0 aromatic heterocycles. The Morgan fingerprint density at radius 1 is 1.05 bits per heavy atom. The summed E-state index contributed by atoms with van der Waals surface area (Å²) in [5.74, 6) is -0.728. The molecule has 2 aliphatic rings. The third-order valence-corrected chi connectivity index (χ3v) is 4.78. The minimum absolute atomic E-state index is 0.0695. The summed E-state index contributed by atoms with van der Waals surface area (Å²) in [6, 6.07) is 0. The molecule has 1 saturated carbocycles. The van der Waals surface area contributed by atoms with Gasteiger partial charge in [-0.25, -0.2) is 0 Å². The molecule has 5 nitrogen and oxygen atoms in total. The highest BCUT2D eigenvalue weighted by atomic mass is 16.4. The standard InChI is InChI=1S/C15H25NO4/c17-12-4-8-16(9-5-12)13(18)10-15(11-14(19)20)6-2-1-3-7-15/h12,17H,1-11H2,(H,19,20). The average molecular weight is 283 g/mol. The van der Waals surface area contributed by atoms with Crippen molar-refractivity contribution in [2.45, 2.75) is 63.9 Å². The molecular weight excluding hydrogens is 258 g/mol. The number of rotatable bonds is 4. The minimum atomic E-state index is -0.797. The van der Waals surface area contributed by atoms with Gasteiger partial charge in [-0.15, -0.1) is 0 Å². The summed E-state index contributed by atoms with van der Waals surface area (Å²) < 4.78 is 0. The number of likely N-dealkylation sites (tertiary alicyclic amines) is 1. The highest BCUT2D eigenvalue weighted by Crippen LogP contribution is 2.42. The topological polar surface area (TPSA) is 77.8 Å². The van der Waals surface area contributed by atoms with E-state index in [1.54, 1.807) is 4.90 Å². The molecule has 20 heavy (non-hydrogen) atoms. The zero-order valence-electron chi connectivity index (χ0n) is 12.0. The van der Waals surface area contributed by atoms with Gasteiger partial charge in [0.05, 0.1) is 12.5 Å². The van der Waals surface area contributed by atoms with E-state index in [4.69, 9.17) is 5.11 Å².